The van der Waals surface area contributed by atoms with Gasteiger partial charge in [0, 0.05) is 39.9 Å². The molecule has 0 fully saturated rings. The van der Waals surface area contributed by atoms with E-state index in [1.807, 2.05) is 48.5 Å². The van der Waals surface area contributed by atoms with E-state index in [4.69, 9.17) is 19.4 Å². The van der Waals surface area contributed by atoms with E-state index < -0.39 is 0 Å². The fourth-order valence-electron chi connectivity index (χ4n) is 5.40. The molecule has 0 amide bonds. The van der Waals surface area contributed by atoms with E-state index in [-0.39, 0.29) is 0 Å². The van der Waals surface area contributed by atoms with Crippen molar-refractivity contribution < 1.29 is 4.42 Å². The standard InChI is InChI=1S/C36H22N4O/c1-2-7-27-22-28(17-14-23(27)6-1)24-12-15-25(16-13-24)34-38-35(26-18-20-37-21-19-26)40-36(39-34)30-9-5-11-32-33(30)29-8-3-4-10-31(29)41-32/h1-22H. The van der Waals surface area contributed by atoms with Crippen molar-refractivity contribution in [1.29, 1.82) is 0 Å². The molecule has 3 heterocycles. The molecule has 0 aliphatic rings. The Hall–Kier alpha value is -5.68. The van der Waals surface area contributed by atoms with Gasteiger partial charge < -0.3 is 4.42 Å². The maximum Gasteiger partial charge on any atom is 0.164 e. The number of rotatable bonds is 4. The van der Waals surface area contributed by atoms with Crippen LogP contribution in [0.4, 0.5) is 0 Å². The van der Waals surface area contributed by atoms with E-state index >= 15 is 0 Å². The first-order chi connectivity index (χ1) is 20.3. The molecule has 0 saturated carbocycles. The highest BCUT2D eigenvalue weighted by Crippen LogP contribution is 2.36. The fraction of sp³-hybridized carbons (Fsp3) is 0. The van der Waals surface area contributed by atoms with Gasteiger partial charge in [-0.25, -0.2) is 15.0 Å². The number of nitrogens with zero attached hydrogens (tertiary/aromatic N) is 4. The number of furan rings is 1. The highest BCUT2D eigenvalue weighted by molar-refractivity contribution is 6.11. The highest BCUT2D eigenvalue weighted by Gasteiger charge is 2.17. The van der Waals surface area contributed by atoms with E-state index in [1.54, 1.807) is 12.4 Å². The topological polar surface area (TPSA) is 64.7 Å². The van der Waals surface area contributed by atoms with Crippen LogP contribution in [0.5, 0.6) is 0 Å². The Morgan fingerprint density at radius 1 is 0.439 bits per heavy atom. The smallest absolute Gasteiger partial charge is 0.164 e. The van der Waals surface area contributed by atoms with Crippen molar-refractivity contribution in [3.63, 3.8) is 0 Å². The molecule has 41 heavy (non-hydrogen) atoms. The normalized spacial score (nSPS) is 11.4. The lowest BCUT2D eigenvalue weighted by Crippen LogP contribution is -2.00. The summed E-state index contributed by atoms with van der Waals surface area (Å²) >= 11 is 0. The first kappa shape index (κ1) is 23.2. The van der Waals surface area contributed by atoms with Gasteiger partial charge in [-0.05, 0) is 52.2 Å². The molecule has 3 aromatic heterocycles. The third-order valence-corrected chi connectivity index (χ3v) is 7.44. The summed E-state index contributed by atoms with van der Waals surface area (Å²) in [5.41, 5.74) is 6.64. The van der Waals surface area contributed by atoms with Crippen molar-refractivity contribution in [3.05, 3.63) is 134 Å². The monoisotopic (exact) mass is 526 g/mol. The number of hydrogen-bond acceptors (Lipinski definition) is 5. The van der Waals surface area contributed by atoms with Gasteiger partial charge in [-0.1, -0.05) is 91.0 Å². The van der Waals surface area contributed by atoms with Crippen molar-refractivity contribution in [2.75, 3.05) is 0 Å². The Labute approximate surface area is 235 Å². The van der Waals surface area contributed by atoms with E-state index in [1.165, 1.54) is 16.3 Å². The molecule has 0 spiro atoms. The summed E-state index contributed by atoms with van der Waals surface area (Å²) in [6.07, 6.45) is 3.50. The third kappa shape index (κ3) is 4.12. The number of aromatic nitrogens is 4. The van der Waals surface area contributed by atoms with Gasteiger partial charge in [0.15, 0.2) is 17.5 Å². The predicted octanol–water partition coefficient (Wildman–Crippen LogP) is 8.99. The molecule has 0 radical (unpaired) electrons. The lowest BCUT2D eigenvalue weighted by Gasteiger charge is -2.10. The quantitative estimate of drug-likeness (QED) is 0.229. The van der Waals surface area contributed by atoms with Crippen LogP contribution in [-0.2, 0) is 0 Å². The maximum atomic E-state index is 6.15. The summed E-state index contributed by atoms with van der Waals surface area (Å²) < 4.78 is 6.15. The third-order valence-electron chi connectivity index (χ3n) is 7.44. The summed E-state index contributed by atoms with van der Waals surface area (Å²) in [6, 6.07) is 41.3. The van der Waals surface area contributed by atoms with Gasteiger partial charge in [-0.15, -0.1) is 0 Å². The van der Waals surface area contributed by atoms with Crippen molar-refractivity contribution in [2.24, 2.45) is 0 Å². The van der Waals surface area contributed by atoms with Crippen LogP contribution in [0.1, 0.15) is 0 Å². The summed E-state index contributed by atoms with van der Waals surface area (Å²) in [6.45, 7) is 0. The average molecular weight is 527 g/mol. The van der Waals surface area contributed by atoms with Gasteiger partial charge in [0.1, 0.15) is 11.2 Å². The van der Waals surface area contributed by atoms with Crippen LogP contribution < -0.4 is 0 Å². The minimum Gasteiger partial charge on any atom is -0.456 e. The molecule has 0 unspecified atom stereocenters. The first-order valence-corrected chi connectivity index (χ1v) is 13.5. The summed E-state index contributed by atoms with van der Waals surface area (Å²) in [5.74, 6) is 1.80. The van der Waals surface area contributed by atoms with Gasteiger partial charge in [0.25, 0.3) is 0 Å². The van der Waals surface area contributed by atoms with E-state index in [2.05, 4.69) is 77.8 Å². The Bertz CT molecular complexity index is 2200. The molecule has 5 nitrogen and oxygen atoms in total. The van der Waals surface area contributed by atoms with Gasteiger partial charge >= 0.3 is 0 Å². The van der Waals surface area contributed by atoms with Crippen molar-refractivity contribution in [3.8, 4) is 45.3 Å². The SMILES string of the molecule is c1ccc2cc(-c3ccc(-c4nc(-c5ccncc5)nc(-c5cccc6oc7ccccc7c56)n4)cc3)ccc2c1. The van der Waals surface area contributed by atoms with Gasteiger partial charge in [0.05, 0.1) is 0 Å². The zero-order valence-corrected chi connectivity index (χ0v) is 21.9. The lowest BCUT2D eigenvalue weighted by molar-refractivity contribution is 0.669. The molecule has 0 aliphatic carbocycles. The summed E-state index contributed by atoms with van der Waals surface area (Å²) in [5, 5.41) is 4.48. The summed E-state index contributed by atoms with van der Waals surface area (Å²) in [7, 11) is 0. The van der Waals surface area contributed by atoms with Crippen molar-refractivity contribution in [2.45, 2.75) is 0 Å². The molecule has 0 saturated heterocycles. The minimum absolute atomic E-state index is 0.593. The van der Waals surface area contributed by atoms with E-state index in [9.17, 15) is 0 Å². The molecular weight excluding hydrogens is 504 g/mol. The second-order valence-electron chi connectivity index (χ2n) is 9.96. The molecule has 5 aromatic carbocycles. The van der Waals surface area contributed by atoms with Crippen LogP contribution in [0.25, 0.3) is 78.0 Å². The highest BCUT2D eigenvalue weighted by atomic mass is 16.3. The Balaban J connectivity index is 1.28. The molecule has 192 valence electrons. The molecule has 0 aliphatic heterocycles. The zero-order valence-electron chi connectivity index (χ0n) is 21.9. The number of benzene rings is 5. The zero-order chi connectivity index (χ0) is 27.2. The largest absolute Gasteiger partial charge is 0.456 e. The molecule has 8 rings (SSSR count). The van der Waals surface area contributed by atoms with Crippen LogP contribution in [-0.4, -0.2) is 19.9 Å². The number of para-hydroxylation sites is 1. The molecule has 8 aromatic rings. The van der Waals surface area contributed by atoms with Crippen LogP contribution >= 0.6 is 0 Å². The van der Waals surface area contributed by atoms with E-state index in [0.29, 0.717) is 17.5 Å². The van der Waals surface area contributed by atoms with Gasteiger partial charge in [-0.3, -0.25) is 4.98 Å². The number of hydrogen-bond donors (Lipinski definition) is 0. The Morgan fingerprint density at radius 3 is 1.90 bits per heavy atom. The predicted molar refractivity (Wildman–Crippen MR) is 164 cm³/mol. The van der Waals surface area contributed by atoms with Crippen molar-refractivity contribution >= 4 is 32.7 Å². The van der Waals surface area contributed by atoms with Crippen molar-refractivity contribution in [1.82, 2.24) is 19.9 Å². The van der Waals surface area contributed by atoms with E-state index in [0.717, 1.165) is 44.2 Å². The maximum absolute atomic E-state index is 6.15. The Morgan fingerprint density at radius 2 is 1.07 bits per heavy atom. The number of pyridine rings is 1. The Kier molecular flexibility index (Phi) is 5.38. The molecule has 0 bridgehead atoms. The molecule has 0 N–H and O–H groups in total. The van der Waals surface area contributed by atoms with Gasteiger partial charge in [0.2, 0.25) is 0 Å². The molecule has 5 heteroatoms. The van der Waals surface area contributed by atoms with Crippen LogP contribution in [0.2, 0.25) is 0 Å². The average Bonchev–Trinajstić information content (AvgIpc) is 3.44. The minimum atomic E-state index is 0.593. The van der Waals surface area contributed by atoms with Crippen LogP contribution in [0.15, 0.2) is 138 Å². The second-order valence-corrected chi connectivity index (χ2v) is 9.96. The lowest BCUT2D eigenvalue weighted by atomic mass is 10.00. The first-order valence-electron chi connectivity index (χ1n) is 13.5. The number of fused-ring (bicyclic) bond motifs is 4. The summed E-state index contributed by atoms with van der Waals surface area (Å²) in [4.78, 5) is 19.0. The van der Waals surface area contributed by atoms with Crippen LogP contribution in [0.3, 0.4) is 0 Å². The second kappa shape index (κ2) is 9.50. The molecule has 0 atom stereocenters. The molecular formula is C36H22N4O. The van der Waals surface area contributed by atoms with Gasteiger partial charge in [-0.2, -0.15) is 0 Å². The van der Waals surface area contributed by atoms with Crippen LogP contribution in [0, 0.1) is 0 Å². The fourth-order valence-corrected chi connectivity index (χ4v) is 5.40.